The molecule has 2 aromatic rings. The fourth-order valence-electron chi connectivity index (χ4n) is 2.38. The molecule has 0 spiro atoms. The van der Waals surface area contributed by atoms with Crippen molar-refractivity contribution < 1.29 is 0 Å². The third-order valence-corrected chi connectivity index (χ3v) is 3.42. The number of hydrogen-bond donors (Lipinski definition) is 1. The Morgan fingerprint density at radius 3 is 2.55 bits per heavy atom. The Kier molecular flexibility index (Phi) is 4.72. The monoisotopic (exact) mass is 269 g/mol. The minimum absolute atomic E-state index is 0.785. The second-order valence-electron chi connectivity index (χ2n) is 5.11. The van der Waals surface area contributed by atoms with Gasteiger partial charge in [0.05, 0.1) is 0 Å². The van der Waals surface area contributed by atoms with Crippen LogP contribution in [0.15, 0.2) is 24.3 Å². The zero-order chi connectivity index (χ0) is 14.5. The van der Waals surface area contributed by atoms with E-state index in [4.69, 9.17) is 4.98 Å². The Morgan fingerprint density at radius 2 is 1.90 bits per heavy atom. The highest BCUT2D eigenvalue weighted by Crippen LogP contribution is 2.18. The van der Waals surface area contributed by atoms with Crippen LogP contribution in [0.2, 0.25) is 0 Å². The summed E-state index contributed by atoms with van der Waals surface area (Å²) in [5.74, 6) is 1.87. The van der Waals surface area contributed by atoms with Crippen molar-refractivity contribution in [3.8, 4) is 0 Å². The summed E-state index contributed by atoms with van der Waals surface area (Å²) >= 11 is 0. The average molecular weight is 269 g/mol. The van der Waals surface area contributed by atoms with Gasteiger partial charge in [-0.25, -0.2) is 9.97 Å². The van der Waals surface area contributed by atoms with Gasteiger partial charge in [0.25, 0.3) is 0 Å². The molecule has 0 amide bonds. The van der Waals surface area contributed by atoms with Gasteiger partial charge >= 0.3 is 0 Å². The highest BCUT2D eigenvalue weighted by molar-refractivity contribution is 5.46. The molecule has 3 heteroatoms. The van der Waals surface area contributed by atoms with Gasteiger partial charge in [0.1, 0.15) is 11.6 Å². The van der Waals surface area contributed by atoms with E-state index in [1.807, 2.05) is 0 Å². The van der Waals surface area contributed by atoms with Gasteiger partial charge in [-0.3, -0.25) is 0 Å². The normalized spacial score (nSPS) is 10.6. The maximum absolute atomic E-state index is 4.71. The fourth-order valence-corrected chi connectivity index (χ4v) is 2.38. The third-order valence-electron chi connectivity index (χ3n) is 3.42. The summed E-state index contributed by atoms with van der Waals surface area (Å²) < 4.78 is 0. The standard InChI is InChI=1S/C17H23N3/c1-5-15-13(4)17(18-6-2)20-16(19-15)11-14-9-7-8-12(3)10-14/h7-10H,5-6,11H2,1-4H3,(H,18,19,20). The minimum Gasteiger partial charge on any atom is -0.370 e. The molecule has 2 rings (SSSR count). The van der Waals surface area contributed by atoms with Crippen LogP contribution in [-0.4, -0.2) is 16.5 Å². The van der Waals surface area contributed by atoms with E-state index < -0.39 is 0 Å². The number of aromatic nitrogens is 2. The Bertz CT molecular complexity index is 591. The first-order valence-electron chi connectivity index (χ1n) is 7.29. The second-order valence-corrected chi connectivity index (χ2v) is 5.11. The van der Waals surface area contributed by atoms with E-state index in [9.17, 15) is 0 Å². The molecule has 0 radical (unpaired) electrons. The van der Waals surface area contributed by atoms with Crippen molar-refractivity contribution in [3.63, 3.8) is 0 Å². The molecule has 1 aromatic heterocycles. The first-order chi connectivity index (χ1) is 9.63. The van der Waals surface area contributed by atoms with E-state index in [0.29, 0.717) is 0 Å². The average Bonchev–Trinajstić information content (AvgIpc) is 2.42. The molecule has 0 aliphatic heterocycles. The van der Waals surface area contributed by atoms with Crippen LogP contribution >= 0.6 is 0 Å². The van der Waals surface area contributed by atoms with Crippen molar-refractivity contribution in [2.75, 3.05) is 11.9 Å². The largest absolute Gasteiger partial charge is 0.370 e. The van der Waals surface area contributed by atoms with E-state index >= 15 is 0 Å². The van der Waals surface area contributed by atoms with Gasteiger partial charge < -0.3 is 5.32 Å². The molecule has 0 fully saturated rings. The maximum atomic E-state index is 4.71. The number of rotatable bonds is 5. The molecule has 1 heterocycles. The molecular weight excluding hydrogens is 246 g/mol. The number of anilines is 1. The highest BCUT2D eigenvalue weighted by Gasteiger charge is 2.09. The molecule has 3 nitrogen and oxygen atoms in total. The maximum Gasteiger partial charge on any atom is 0.135 e. The number of benzene rings is 1. The highest BCUT2D eigenvalue weighted by atomic mass is 15.0. The number of nitrogens with zero attached hydrogens (tertiary/aromatic N) is 2. The van der Waals surface area contributed by atoms with Gasteiger partial charge in [-0.15, -0.1) is 0 Å². The van der Waals surface area contributed by atoms with E-state index in [-0.39, 0.29) is 0 Å². The van der Waals surface area contributed by atoms with Gasteiger partial charge in [0, 0.05) is 24.2 Å². The zero-order valence-electron chi connectivity index (χ0n) is 12.8. The lowest BCUT2D eigenvalue weighted by molar-refractivity contribution is 0.886. The molecule has 0 saturated carbocycles. The number of nitrogens with one attached hydrogen (secondary N) is 1. The lowest BCUT2D eigenvalue weighted by Gasteiger charge is -2.12. The Morgan fingerprint density at radius 1 is 1.10 bits per heavy atom. The Labute approximate surface area is 121 Å². The quantitative estimate of drug-likeness (QED) is 0.899. The summed E-state index contributed by atoms with van der Waals surface area (Å²) in [5, 5.41) is 3.34. The molecular formula is C17H23N3. The summed E-state index contributed by atoms with van der Waals surface area (Å²) in [5.41, 5.74) is 4.84. The van der Waals surface area contributed by atoms with Crippen molar-refractivity contribution in [2.45, 2.75) is 40.5 Å². The molecule has 20 heavy (non-hydrogen) atoms. The van der Waals surface area contributed by atoms with Gasteiger partial charge in [-0.05, 0) is 32.8 Å². The topological polar surface area (TPSA) is 37.8 Å². The van der Waals surface area contributed by atoms with Crippen LogP contribution < -0.4 is 5.32 Å². The van der Waals surface area contributed by atoms with Gasteiger partial charge in [0.15, 0.2) is 0 Å². The van der Waals surface area contributed by atoms with E-state index in [1.54, 1.807) is 0 Å². The molecule has 0 atom stereocenters. The molecule has 1 aromatic carbocycles. The first kappa shape index (κ1) is 14.5. The lowest BCUT2D eigenvalue weighted by Crippen LogP contribution is -2.09. The second kappa shape index (κ2) is 6.51. The summed E-state index contributed by atoms with van der Waals surface area (Å²) in [4.78, 5) is 9.38. The summed E-state index contributed by atoms with van der Waals surface area (Å²) in [6.45, 7) is 9.31. The Hall–Kier alpha value is -1.90. The summed E-state index contributed by atoms with van der Waals surface area (Å²) in [7, 11) is 0. The molecule has 0 unspecified atom stereocenters. The summed E-state index contributed by atoms with van der Waals surface area (Å²) in [6.07, 6.45) is 1.72. The van der Waals surface area contributed by atoms with Crippen molar-refractivity contribution >= 4 is 5.82 Å². The van der Waals surface area contributed by atoms with Crippen molar-refractivity contribution in [1.82, 2.24) is 9.97 Å². The molecule has 1 N–H and O–H groups in total. The molecule has 106 valence electrons. The molecule has 0 aliphatic rings. The van der Waals surface area contributed by atoms with Gasteiger partial charge in [-0.2, -0.15) is 0 Å². The van der Waals surface area contributed by atoms with Crippen LogP contribution in [0.5, 0.6) is 0 Å². The molecule has 0 bridgehead atoms. The smallest absolute Gasteiger partial charge is 0.135 e. The van der Waals surface area contributed by atoms with Crippen LogP contribution in [0.25, 0.3) is 0 Å². The van der Waals surface area contributed by atoms with E-state index in [2.05, 4.69) is 62.3 Å². The SMILES string of the molecule is CCNc1nc(Cc2cccc(C)c2)nc(CC)c1C. The predicted octanol–water partition coefficient (Wildman–Crippen LogP) is 3.68. The van der Waals surface area contributed by atoms with Crippen LogP contribution in [0.3, 0.4) is 0 Å². The van der Waals surface area contributed by atoms with E-state index in [1.165, 1.54) is 16.7 Å². The van der Waals surface area contributed by atoms with E-state index in [0.717, 1.165) is 36.7 Å². The van der Waals surface area contributed by atoms with Crippen molar-refractivity contribution in [3.05, 3.63) is 52.5 Å². The Balaban J connectivity index is 2.34. The first-order valence-corrected chi connectivity index (χ1v) is 7.29. The molecule has 0 saturated heterocycles. The predicted molar refractivity (Wildman–Crippen MR) is 84.3 cm³/mol. The van der Waals surface area contributed by atoms with Crippen molar-refractivity contribution in [1.29, 1.82) is 0 Å². The zero-order valence-corrected chi connectivity index (χ0v) is 12.8. The fraction of sp³-hybridized carbons (Fsp3) is 0.412. The van der Waals surface area contributed by atoms with Crippen LogP contribution in [0.4, 0.5) is 5.82 Å². The van der Waals surface area contributed by atoms with Crippen LogP contribution in [-0.2, 0) is 12.8 Å². The van der Waals surface area contributed by atoms with Gasteiger partial charge in [-0.1, -0.05) is 36.8 Å². The minimum atomic E-state index is 0.785. The number of hydrogen-bond acceptors (Lipinski definition) is 3. The van der Waals surface area contributed by atoms with Crippen LogP contribution in [0.1, 0.15) is 42.1 Å². The third kappa shape index (κ3) is 3.35. The number of aryl methyl sites for hydroxylation is 2. The van der Waals surface area contributed by atoms with Crippen LogP contribution in [0, 0.1) is 13.8 Å². The van der Waals surface area contributed by atoms with Gasteiger partial charge in [0.2, 0.25) is 0 Å². The lowest BCUT2D eigenvalue weighted by atomic mass is 10.1. The molecule has 0 aliphatic carbocycles. The van der Waals surface area contributed by atoms with Crippen molar-refractivity contribution in [2.24, 2.45) is 0 Å². The summed E-state index contributed by atoms with van der Waals surface area (Å²) in [6, 6.07) is 8.53.